The number of carbonyl (C=O) groups is 1. The zero-order valence-corrected chi connectivity index (χ0v) is 19.7. The molecule has 0 unspecified atom stereocenters. The zero-order valence-electron chi connectivity index (χ0n) is 18.1. The summed E-state index contributed by atoms with van der Waals surface area (Å²) in [5.41, 5.74) is 2.64. The Hall–Kier alpha value is -2.13. The van der Waals surface area contributed by atoms with Crippen LogP contribution in [0, 0.1) is 25.5 Å². The number of aryl methyl sites for hydroxylation is 2. The van der Waals surface area contributed by atoms with Crippen molar-refractivity contribution in [2.75, 3.05) is 44.3 Å². The molecule has 0 aliphatic carbocycles. The molecule has 1 aromatic heterocycles. The largest absolute Gasteiger partial charge is 0.379 e. The molecule has 0 N–H and O–H groups in total. The lowest BCUT2D eigenvalue weighted by atomic mass is 10.1. The van der Waals surface area contributed by atoms with Crippen LogP contribution in [0.5, 0.6) is 0 Å². The number of thiazole rings is 1. The van der Waals surface area contributed by atoms with Gasteiger partial charge in [-0.1, -0.05) is 28.5 Å². The highest BCUT2D eigenvalue weighted by Crippen LogP contribution is 2.32. The number of halogens is 3. The van der Waals surface area contributed by atoms with Gasteiger partial charge in [-0.25, -0.2) is 13.8 Å². The summed E-state index contributed by atoms with van der Waals surface area (Å²) in [6, 6.07) is 7.78. The molecular formula is C23H26ClF2N3O2S. The van der Waals surface area contributed by atoms with Crippen molar-refractivity contribution in [3.8, 4) is 0 Å². The van der Waals surface area contributed by atoms with E-state index >= 15 is 0 Å². The third-order valence-corrected chi connectivity index (χ3v) is 6.33. The second kappa shape index (κ2) is 10.7. The summed E-state index contributed by atoms with van der Waals surface area (Å²) in [5, 5.41) is 0.380. The monoisotopic (exact) mass is 481 g/mol. The highest BCUT2D eigenvalue weighted by molar-refractivity contribution is 7.22. The summed E-state index contributed by atoms with van der Waals surface area (Å²) in [4.78, 5) is 21.7. The van der Waals surface area contributed by atoms with Crippen LogP contribution in [-0.4, -0.2) is 55.2 Å². The molecule has 1 saturated heterocycles. The molecule has 3 aromatic rings. The van der Waals surface area contributed by atoms with Crippen molar-refractivity contribution >= 4 is 45.0 Å². The van der Waals surface area contributed by atoms with Crippen LogP contribution >= 0.6 is 23.7 Å². The van der Waals surface area contributed by atoms with Crippen molar-refractivity contribution in [1.29, 1.82) is 0 Å². The van der Waals surface area contributed by atoms with Crippen LogP contribution in [0.2, 0.25) is 0 Å². The number of anilines is 1. The number of benzene rings is 2. The van der Waals surface area contributed by atoms with E-state index < -0.39 is 11.6 Å². The molecule has 5 nitrogen and oxygen atoms in total. The molecule has 0 saturated carbocycles. The number of amides is 1. The lowest BCUT2D eigenvalue weighted by Gasteiger charge is -2.27. The number of carbonyl (C=O) groups excluding carboxylic acids is 1. The molecule has 4 rings (SSSR count). The van der Waals surface area contributed by atoms with E-state index in [-0.39, 0.29) is 23.8 Å². The van der Waals surface area contributed by atoms with Gasteiger partial charge in [0.25, 0.3) is 5.91 Å². The van der Waals surface area contributed by atoms with Crippen LogP contribution in [0.3, 0.4) is 0 Å². The van der Waals surface area contributed by atoms with Gasteiger partial charge in [0.1, 0.15) is 11.3 Å². The molecule has 0 spiro atoms. The minimum atomic E-state index is -0.718. The van der Waals surface area contributed by atoms with Gasteiger partial charge in [0.05, 0.1) is 17.9 Å². The Labute approximate surface area is 196 Å². The van der Waals surface area contributed by atoms with E-state index in [1.54, 1.807) is 4.90 Å². The molecule has 9 heteroatoms. The molecule has 1 aliphatic heterocycles. The standard InChI is InChI=1S/C23H25F2N3O2S.ClH/c1-15-10-16(2)12-17(11-15)22(29)28(5-3-4-27-6-8-30-9-7-27)23-26-21-19(25)13-18(24)14-20(21)31-23;/h10-14H,3-9H2,1-2H3;1H. The van der Waals surface area contributed by atoms with E-state index in [4.69, 9.17) is 4.74 Å². The van der Waals surface area contributed by atoms with Crippen molar-refractivity contribution in [3.05, 3.63) is 58.7 Å². The fourth-order valence-electron chi connectivity index (χ4n) is 3.88. The zero-order chi connectivity index (χ0) is 22.0. The maximum atomic E-state index is 14.2. The number of hydrogen-bond acceptors (Lipinski definition) is 5. The van der Waals surface area contributed by atoms with Gasteiger partial charge >= 0.3 is 0 Å². The summed E-state index contributed by atoms with van der Waals surface area (Å²) < 4.78 is 33.7. The Kier molecular flexibility index (Phi) is 8.16. The molecular weight excluding hydrogens is 456 g/mol. The second-order valence-corrected chi connectivity index (χ2v) is 8.88. The first-order valence-electron chi connectivity index (χ1n) is 10.4. The number of rotatable bonds is 6. The molecule has 172 valence electrons. The van der Waals surface area contributed by atoms with Crippen molar-refractivity contribution in [2.24, 2.45) is 0 Å². The van der Waals surface area contributed by atoms with Crippen LogP contribution < -0.4 is 4.90 Å². The maximum Gasteiger partial charge on any atom is 0.260 e. The fraction of sp³-hybridized carbons (Fsp3) is 0.391. The predicted molar refractivity (Wildman–Crippen MR) is 126 cm³/mol. The number of nitrogens with zero attached hydrogens (tertiary/aromatic N) is 3. The summed E-state index contributed by atoms with van der Waals surface area (Å²) in [5.74, 6) is -1.56. The number of morpholine rings is 1. The van der Waals surface area contributed by atoms with Gasteiger partial charge in [0, 0.05) is 37.8 Å². The van der Waals surface area contributed by atoms with Gasteiger partial charge in [-0.3, -0.25) is 14.6 Å². The summed E-state index contributed by atoms with van der Waals surface area (Å²) in [6.45, 7) is 8.33. The molecule has 0 radical (unpaired) electrons. The molecule has 0 bridgehead atoms. The third kappa shape index (κ3) is 5.61. The molecule has 1 aliphatic rings. The van der Waals surface area contributed by atoms with Gasteiger partial charge in [-0.15, -0.1) is 12.4 Å². The van der Waals surface area contributed by atoms with Gasteiger partial charge in [-0.05, 0) is 38.5 Å². The minimum Gasteiger partial charge on any atom is -0.379 e. The van der Waals surface area contributed by atoms with E-state index in [9.17, 15) is 13.6 Å². The van der Waals surface area contributed by atoms with E-state index in [1.807, 2.05) is 32.0 Å². The maximum absolute atomic E-state index is 14.2. The molecule has 1 amide bonds. The van der Waals surface area contributed by atoms with Crippen LogP contribution in [0.15, 0.2) is 30.3 Å². The number of ether oxygens (including phenoxy) is 1. The van der Waals surface area contributed by atoms with Gasteiger partial charge in [-0.2, -0.15) is 0 Å². The van der Waals surface area contributed by atoms with Gasteiger partial charge in [0.2, 0.25) is 0 Å². The van der Waals surface area contributed by atoms with Gasteiger partial charge < -0.3 is 4.74 Å². The molecule has 2 aromatic carbocycles. The van der Waals surface area contributed by atoms with Crippen molar-refractivity contribution in [3.63, 3.8) is 0 Å². The van der Waals surface area contributed by atoms with Crippen LogP contribution in [0.1, 0.15) is 27.9 Å². The fourth-order valence-corrected chi connectivity index (χ4v) is 4.91. The van der Waals surface area contributed by atoms with E-state index in [2.05, 4.69) is 9.88 Å². The Morgan fingerprint density at radius 3 is 2.50 bits per heavy atom. The highest BCUT2D eigenvalue weighted by Gasteiger charge is 2.23. The summed E-state index contributed by atoms with van der Waals surface area (Å²) >= 11 is 1.13. The van der Waals surface area contributed by atoms with E-state index in [0.29, 0.717) is 35.2 Å². The number of aromatic nitrogens is 1. The first kappa shape index (κ1) is 24.5. The lowest BCUT2D eigenvalue weighted by Crippen LogP contribution is -2.39. The van der Waals surface area contributed by atoms with E-state index in [1.165, 1.54) is 6.07 Å². The van der Waals surface area contributed by atoms with E-state index in [0.717, 1.165) is 54.6 Å². The van der Waals surface area contributed by atoms with Crippen molar-refractivity contribution in [2.45, 2.75) is 20.3 Å². The predicted octanol–water partition coefficient (Wildman–Crippen LogP) is 4.98. The smallest absolute Gasteiger partial charge is 0.260 e. The highest BCUT2D eigenvalue weighted by atomic mass is 35.5. The minimum absolute atomic E-state index is 0. The van der Waals surface area contributed by atoms with Crippen molar-refractivity contribution in [1.82, 2.24) is 9.88 Å². The molecule has 32 heavy (non-hydrogen) atoms. The van der Waals surface area contributed by atoms with Crippen LogP contribution in [0.25, 0.3) is 10.2 Å². The second-order valence-electron chi connectivity index (χ2n) is 7.87. The molecule has 1 fully saturated rings. The Balaban J connectivity index is 0.00000289. The third-order valence-electron chi connectivity index (χ3n) is 5.31. The average molecular weight is 482 g/mol. The quantitative estimate of drug-likeness (QED) is 0.498. The first-order valence-corrected chi connectivity index (χ1v) is 11.2. The van der Waals surface area contributed by atoms with Gasteiger partial charge in [0.15, 0.2) is 10.9 Å². The SMILES string of the molecule is Cc1cc(C)cc(C(=O)N(CCCN2CCOCC2)c2nc3c(F)cc(F)cc3s2)c1.Cl. The topological polar surface area (TPSA) is 45.7 Å². The Morgan fingerprint density at radius 1 is 1.12 bits per heavy atom. The number of fused-ring (bicyclic) bond motifs is 1. The number of hydrogen-bond donors (Lipinski definition) is 0. The van der Waals surface area contributed by atoms with Crippen LogP contribution in [0.4, 0.5) is 13.9 Å². The van der Waals surface area contributed by atoms with Crippen LogP contribution in [-0.2, 0) is 4.74 Å². The summed E-state index contributed by atoms with van der Waals surface area (Å²) in [7, 11) is 0. The Morgan fingerprint density at radius 2 is 1.81 bits per heavy atom. The molecule has 2 heterocycles. The average Bonchev–Trinajstić information content (AvgIpc) is 3.15. The lowest BCUT2D eigenvalue weighted by molar-refractivity contribution is 0.0376. The first-order chi connectivity index (χ1) is 14.9. The normalized spacial score (nSPS) is 14.4. The van der Waals surface area contributed by atoms with Crippen molar-refractivity contribution < 1.29 is 18.3 Å². The summed E-state index contributed by atoms with van der Waals surface area (Å²) in [6.07, 6.45) is 0.739. The Bertz CT molecular complexity index is 1080. The molecule has 0 atom stereocenters.